The highest BCUT2D eigenvalue weighted by atomic mass is 16.5. The van der Waals surface area contributed by atoms with Crippen molar-refractivity contribution in [2.45, 2.75) is 32.7 Å². The Hall–Kier alpha value is -2.63. The zero-order valence-corrected chi connectivity index (χ0v) is 17.9. The van der Waals surface area contributed by atoms with Gasteiger partial charge in [-0.05, 0) is 68.1 Å². The third-order valence-corrected chi connectivity index (χ3v) is 6.15. The third-order valence-electron chi connectivity index (χ3n) is 6.15. The fraction of sp³-hybridized carbons (Fsp3) is 0.400. The standard InChI is InChI=1S/C25H31N3O2/c1-20-6-3-8-22(14-20)28-13-11-26-24(28)17-27-12-5-10-25(18-27,19-29)16-21-7-4-9-23(15-21)30-2/h3-4,6-9,11,13-15,29H,5,10,12,16-19H2,1-2H3. The number of hydrogen-bond donors (Lipinski definition) is 1. The molecule has 5 nitrogen and oxygen atoms in total. The number of benzene rings is 2. The van der Waals surface area contributed by atoms with Gasteiger partial charge in [-0.1, -0.05) is 24.3 Å². The van der Waals surface area contributed by atoms with Crippen molar-refractivity contribution in [3.63, 3.8) is 0 Å². The summed E-state index contributed by atoms with van der Waals surface area (Å²) in [6.45, 7) is 4.97. The number of aryl methyl sites for hydroxylation is 1. The van der Waals surface area contributed by atoms with Crippen LogP contribution >= 0.6 is 0 Å². The minimum Gasteiger partial charge on any atom is -0.497 e. The number of likely N-dealkylation sites (tertiary alicyclic amines) is 1. The fourth-order valence-electron chi connectivity index (χ4n) is 4.65. The summed E-state index contributed by atoms with van der Waals surface area (Å²) in [7, 11) is 1.69. The molecule has 1 N–H and O–H groups in total. The Morgan fingerprint density at radius 3 is 2.83 bits per heavy atom. The SMILES string of the molecule is COc1cccc(CC2(CO)CCCN(Cc3nccn3-c3cccc(C)c3)C2)c1. The van der Waals surface area contributed by atoms with E-state index >= 15 is 0 Å². The number of rotatable bonds is 7. The minimum absolute atomic E-state index is 0.134. The number of piperidine rings is 1. The molecule has 158 valence electrons. The van der Waals surface area contributed by atoms with Gasteiger partial charge in [-0.3, -0.25) is 4.90 Å². The van der Waals surface area contributed by atoms with Crippen molar-refractivity contribution in [2.24, 2.45) is 5.41 Å². The van der Waals surface area contributed by atoms with E-state index in [1.807, 2.05) is 24.5 Å². The van der Waals surface area contributed by atoms with E-state index in [2.05, 4.69) is 57.8 Å². The van der Waals surface area contributed by atoms with Crippen LogP contribution in [0.2, 0.25) is 0 Å². The minimum atomic E-state index is -0.134. The highest BCUT2D eigenvalue weighted by Gasteiger charge is 2.35. The van der Waals surface area contributed by atoms with Crippen LogP contribution in [0, 0.1) is 12.3 Å². The van der Waals surface area contributed by atoms with E-state index in [9.17, 15) is 5.11 Å². The Morgan fingerprint density at radius 2 is 2.03 bits per heavy atom. The van der Waals surface area contributed by atoms with E-state index in [4.69, 9.17) is 4.74 Å². The summed E-state index contributed by atoms with van der Waals surface area (Å²) in [6.07, 6.45) is 6.86. The zero-order chi connectivity index (χ0) is 21.0. The molecule has 1 unspecified atom stereocenters. The van der Waals surface area contributed by atoms with E-state index < -0.39 is 0 Å². The van der Waals surface area contributed by atoms with Crippen molar-refractivity contribution in [1.82, 2.24) is 14.5 Å². The van der Waals surface area contributed by atoms with Crippen LogP contribution in [0.25, 0.3) is 5.69 Å². The molecule has 1 atom stereocenters. The molecule has 1 aromatic heterocycles. The van der Waals surface area contributed by atoms with Gasteiger partial charge in [0.05, 0.1) is 20.3 Å². The summed E-state index contributed by atoms with van der Waals surface area (Å²) in [4.78, 5) is 7.08. The second-order valence-corrected chi connectivity index (χ2v) is 8.55. The third kappa shape index (κ3) is 4.58. The molecule has 1 fully saturated rings. The smallest absolute Gasteiger partial charge is 0.127 e. The maximum Gasteiger partial charge on any atom is 0.127 e. The number of imidazole rings is 1. The summed E-state index contributed by atoms with van der Waals surface area (Å²) in [5, 5.41) is 10.4. The van der Waals surface area contributed by atoms with Crippen LogP contribution in [-0.4, -0.2) is 46.4 Å². The molecule has 4 rings (SSSR count). The molecule has 1 aliphatic rings. The van der Waals surface area contributed by atoms with Gasteiger partial charge in [0.15, 0.2) is 0 Å². The Kier molecular flexibility index (Phi) is 6.21. The molecule has 1 saturated heterocycles. The number of aliphatic hydroxyl groups is 1. The molecule has 5 heteroatoms. The van der Waals surface area contributed by atoms with Crippen molar-refractivity contribution in [1.29, 1.82) is 0 Å². The van der Waals surface area contributed by atoms with Crippen LogP contribution in [-0.2, 0) is 13.0 Å². The average Bonchev–Trinajstić information content (AvgIpc) is 3.22. The second kappa shape index (κ2) is 9.02. The Balaban J connectivity index is 1.50. The largest absolute Gasteiger partial charge is 0.497 e. The van der Waals surface area contributed by atoms with Crippen molar-refractivity contribution < 1.29 is 9.84 Å². The molecule has 30 heavy (non-hydrogen) atoms. The maximum absolute atomic E-state index is 10.4. The number of aromatic nitrogens is 2. The molecule has 0 spiro atoms. The Bertz CT molecular complexity index is 984. The molecule has 0 aliphatic carbocycles. The molecule has 3 aromatic rings. The first kappa shape index (κ1) is 20.6. The summed E-state index contributed by atoms with van der Waals surface area (Å²) in [6, 6.07) is 16.7. The topological polar surface area (TPSA) is 50.5 Å². The first-order valence-corrected chi connectivity index (χ1v) is 10.7. The number of methoxy groups -OCH3 is 1. The van der Waals surface area contributed by atoms with Crippen LogP contribution in [0.5, 0.6) is 5.75 Å². The molecule has 0 radical (unpaired) electrons. The molecule has 0 bridgehead atoms. The predicted octanol–water partition coefficient (Wildman–Crippen LogP) is 4.01. The van der Waals surface area contributed by atoms with Gasteiger partial charge in [0.2, 0.25) is 0 Å². The lowest BCUT2D eigenvalue weighted by Gasteiger charge is -2.42. The first-order valence-electron chi connectivity index (χ1n) is 10.7. The number of aliphatic hydroxyl groups excluding tert-OH is 1. The van der Waals surface area contributed by atoms with Crippen molar-refractivity contribution >= 4 is 0 Å². The summed E-state index contributed by atoms with van der Waals surface area (Å²) >= 11 is 0. The molecule has 1 aliphatic heterocycles. The quantitative estimate of drug-likeness (QED) is 0.645. The van der Waals surface area contributed by atoms with E-state index in [-0.39, 0.29) is 12.0 Å². The maximum atomic E-state index is 10.4. The van der Waals surface area contributed by atoms with Crippen LogP contribution in [0.4, 0.5) is 0 Å². The van der Waals surface area contributed by atoms with Gasteiger partial charge in [0.25, 0.3) is 0 Å². The Morgan fingerprint density at radius 1 is 1.17 bits per heavy atom. The highest BCUT2D eigenvalue weighted by molar-refractivity contribution is 5.36. The second-order valence-electron chi connectivity index (χ2n) is 8.55. The number of ether oxygens (including phenoxy) is 1. The number of hydrogen-bond acceptors (Lipinski definition) is 4. The predicted molar refractivity (Wildman–Crippen MR) is 119 cm³/mol. The molecule has 0 saturated carbocycles. The van der Waals surface area contributed by atoms with Crippen LogP contribution < -0.4 is 4.74 Å². The van der Waals surface area contributed by atoms with Gasteiger partial charge >= 0.3 is 0 Å². The van der Waals surface area contributed by atoms with Crippen molar-refractivity contribution in [2.75, 3.05) is 26.8 Å². The van der Waals surface area contributed by atoms with Gasteiger partial charge in [0, 0.05) is 30.0 Å². The lowest BCUT2D eigenvalue weighted by atomic mass is 9.75. The van der Waals surface area contributed by atoms with E-state index in [0.717, 1.165) is 56.2 Å². The molecule has 2 aromatic carbocycles. The lowest BCUT2D eigenvalue weighted by Crippen LogP contribution is -2.46. The van der Waals surface area contributed by atoms with Crippen LogP contribution in [0.15, 0.2) is 60.9 Å². The van der Waals surface area contributed by atoms with Crippen LogP contribution in [0.1, 0.15) is 29.8 Å². The molecular weight excluding hydrogens is 374 g/mol. The van der Waals surface area contributed by atoms with Gasteiger partial charge in [-0.15, -0.1) is 0 Å². The summed E-state index contributed by atoms with van der Waals surface area (Å²) in [5.41, 5.74) is 3.46. The van der Waals surface area contributed by atoms with E-state index in [1.165, 1.54) is 11.1 Å². The van der Waals surface area contributed by atoms with Gasteiger partial charge in [-0.25, -0.2) is 4.98 Å². The van der Waals surface area contributed by atoms with Crippen molar-refractivity contribution in [3.8, 4) is 11.4 Å². The molecular formula is C25H31N3O2. The first-order chi connectivity index (χ1) is 14.6. The van der Waals surface area contributed by atoms with Gasteiger partial charge in [0.1, 0.15) is 11.6 Å². The zero-order valence-electron chi connectivity index (χ0n) is 17.9. The van der Waals surface area contributed by atoms with E-state index in [0.29, 0.717) is 0 Å². The average molecular weight is 406 g/mol. The van der Waals surface area contributed by atoms with E-state index in [1.54, 1.807) is 7.11 Å². The summed E-state index contributed by atoms with van der Waals surface area (Å²) in [5.74, 6) is 1.91. The lowest BCUT2D eigenvalue weighted by molar-refractivity contribution is 0.0276. The van der Waals surface area contributed by atoms with Crippen LogP contribution in [0.3, 0.4) is 0 Å². The Labute approximate surface area is 178 Å². The highest BCUT2D eigenvalue weighted by Crippen LogP contribution is 2.34. The monoisotopic (exact) mass is 405 g/mol. The number of nitrogens with zero attached hydrogens (tertiary/aromatic N) is 3. The fourth-order valence-corrected chi connectivity index (χ4v) is 4.65. The summed E-state index contributed by atoms with van der Waals surface area (Å²) < 4.78 is 7.55. The normalized spacial score (nSPS) is 19.7. The van der Waals surface area contributed by atoms with Gasteiger partial charge < -0.3 is 14.4 Å². The molecule has 0 amide bonds. The van der Waals surface area contributed by atoms with Gasteiger partial charge in [-0.2, -0.15) is 0 Å². The molecule has 2 heterocycles. The van der Waals surface area contributed by atoms with Crippen molar-refractivity contribution in [3.05, 3.63) is 77.9 Å².